The van der Waals surface area contributed by atoms with Crippen LogP contribution in [-0.2, 0) is 16.6 Å². The van der Waals surface area contributed by atoms with Gasteiger partial charge in [-0.15, -0.1) is 11.3 Å². The fraction of sp³-hybridized carbons (Fsp3) is 0.273. The zero-order valence-electron chi connectivity index (χ0n) is 10.7. The molecule has 2 aromatic heterocycles. The van der Waals surface area contributed by atoms with E-state index >= 15 is 0 Å². The number of hydrogen-bond donors (Lipinski definition) is 1. The first kappa shape index (κ1) is 14.7. The summed E-state index contributed by atoms with van der Waals surface area (Å²) in [5, 5.41) is 13.8. The summed E-state index contributed by atoms with van der Waals surface area (Å²) < 4.78 is 30.5. The van der Waals surface area contributed by atoms with Crippen molar-refractivity contribution in [1.29, 1.82) is 0 Å². The van der Waals surface area contributed by atoms with Gasteiger partial charge in [-0.3, -0.25) is 0 Å². The molecular formula is C11H12N2O5S2. The van der Waals surface area contributed by atoms with Gasteiger partial charge in [0.15, 0.2) is 0 Å². The molecule has 2 aromatic rings. The number of aromatic carboxylic acids is 1. The first-order valence-corrected chi connectivity index (χ1v) is 7.83. The van der Waals surface area contributed by atoms with E-state index in [0.29, 0.717) is 11.5 Å². The number of rotatable bonds is 5. The van der Waals surface area contributed by atoms with Crippen molar-refractivity contribution in [3.63, 3.8) is 0 Å². The number of carboxylic acids is 1. The minimum Gasteiger partial charge on any atom is -0.478 e. The molecule has 0 saturated carbocycles. The van der Waals surface area contributed by atoms with Crippen molar-refractivity contribution in [3.05, 3.63) is 34.5 Å². The third-order valence-electron chi connectivity index (χ3n) is 2.55. The van der Waals surface area contributed by atoms with Gasteiger partial charge in [0.05, 0.1) is 17.8 Å². The maximum Gasteiger partial charge on any atom is 0.336 e. The van der Waals surface area contributed by atoms with E-state index < -0.39 is 16.0 Å². The number of thiophene rings is 1. The van der Waals surface area contributed by atoms with Crippen molar-refractivity contribution in [2.45, 2.75) is 17.7 Å². The highest BCUT2D eigenvalue weighted by atomic mass is 32.2. The van der Waals surface area contributed by atoms with E-state index in [4.69, 9.17) is 9.63 Å². The summed E-state index contributed by atoms with van der Waals surface area (Å²) in [7, 11) is -2.33. The van der Waals surface area contributed by atoms with E-state index in [1.165, 1.54) is 12.4 Å². The lowest BCUT2D eigenvalue weighted by molar-refractivity contribution is 0.0697. The van der Waals surface area contributed by atoms with Crippen molar-refractivity contribution in [3.8, 4) is 0 Å². The van der Waals surface area contributed by atoms with Crippen LogP contribution in [0.3, 0.4) is 0 Å². The van der Waals surface area contributed by atoms with Crippen LogP contribution in [0.25, 0.3) is 0 Å². The van der Waals surface area contributed by atoms with Crippen LogP contribution in [0.2, 0.25) is 0 Å². The molecule has 0 bridgehead atoms. The Morgan fingerprint density at radius 3 is 2.70 bits per heavy atom. The van der Waals surface area contributed by atoms with Gasteiger partial charge in [-0.25, -0.2) is 13.2 Å². The standard InChI is InChI=1S/C11H12N2O5S2/c1-7-3-9(12-18-7)5-13(2)20(16,17)10-4-8(6-19-10)11(14)15/h3-4,6H,5H2,1-2H3,(H,14,15). The first-order valence-electron chi connectivity index (χ1n) is 5.51. The molecular weight excluding hydrogens is 304 g/mol. The number of nitrogens with zero attached hydrogens (tertiary/aromatic N) is 2. The predicted molar refractivity (Wildman–Crippen MR) is 71.2 cm³/mol. The van der Waals surface area contributed by atoms with Crippen LogP contribution in [0.1, 0.15) is 21.8 Å². The summed E-state index contributed by atoms with van der Waals surface area (Å²) in [6.45, 7) is 1.77. The number of carboxylic acid groups (broad SMARTS) is 1. The summed E-state index contributed by atoms with van der Waals surface area (Å²) in [4.78, 5) is 10.8. The van der Waals surface area contributed by atoms with Gasteiger partial charge in [0.1, 0.15) is 9.97 Å². The van der Waals surface area contributed by atoms with Crippen LogP contribution >= 0.6 is 11.3 Å². The van der Waals surface area contributed by atoms with Gasteiger partial charge in [0, 0.05) is 18.5 Å². The van der Waals surface area contributed by atoms with Gasteiger partial charge >= 0.3 is 5.97 Å². The number of carbonyl (C=O) groups is 1. The quantitative estimate of drug-likeness (QED) is 0.898. The number of aryl methyl sites for hydroxylation is 1. The SMILES string of the molecule is Cc1cc(CN(C)S(=O)(=O)c2cc(C(=O)O)cs2)no1. The monoisotopic (exact) mass is 316 g/mol. The molecule has 20 heavy (non-hydrogen) atoms. The molecule has 0 radical (unpaired) electrons. The second kappa shape index (κ2) is 5.35. The van der Waals surface area contributed by atoms with Gasteiger partial charge in [-0.05, 0) is 13.0 Å². The Balaban J connectivity index is 2.22. The van der Waals surface area contributed by atoms with Gasteiger partial charge in [0.2, 0.25) is 0 Å². The summed E-state index contributed by atoms with van der Waals surface area (Å²) in [5.41, 5.74) is 0.447. The van der Waals surface area contributed by atoms with E-state index in [0.717, 1.165) is 21.7 Å². The first-order chi connectivity index (χ1) is 9.30. The molecule has 0 aliphatic carbocycles. The Labute approximate surface area is 119 Å². The lowest BCUT2D eigenvalue weighted by Crippen LogP contribution is -2.26. The molecule has 7 nitrogen and oxygen atoms in total. The third-order valence-corrected chi connectivity index (χ3v) is 5.77. The summed E-state index contributed by atoms with van der Waals surface area (Å²) >= 11 is 0.875. The van der Waals surface area contributed by atoms with Gasteiger partial charge in [0.25, 0.3) is 10.0 Å². The van der Waals surface area contributed by atoms with Crippen LogP contribution in [0, 0.1) is 6.92 Å². The van der Waals surface area contributed by atoms with E-state index in [2.05, 4.69) is 5.16 Å². The molecule has 108 valence electrons. The molecule has 9 heteroatoms. The lowest BCUT2D eigenvalue weighted by atomic mass is 10.4. The zero-order valence-corrected chi connectivity index (χ0v) is 12.4. The highest BCUT2D eigenvalue weighted by Gasteiger charge is 2.24. The van der Waals surface area contributed by atoms with E-state index in [9.17, 15) is 13.2 Å². The van der Waals surface area contributed by atoms with Crippen LogP contribution in [0.4, 0.5) is 0 Å². The second-order valence-electron chi connectivity index (χ2n) is 4.15. The lowest BCUT2D eigenvalue weighted by Gasteiger charge is -2.13. The third kappa shape index (κ3) is 2.89. The van der Waals surface area contributed by atoms with Crippen LogP contribution in [-0.4, -0.2) is 36.0 Å². The average Bonchev–Trinajstić information content (AvgIpc) is 2.98. The molecule has 2 heterocycles. The minimum absolute atomic E-state index is 0.0161. The Hall–Kier alpha value is -1.71. The number of sulfonamides is 1. The topological polar surface area (TPSA) is 101 Å². The molecule has 0 aliphatic heterocycles. The van der Waals surface area contributed by atoms with Gasteiger partial charge in [-0.1, -0.05) is 5.16 Å². The Morgan fingerprint density at radius 1 is 1.50 bits per heavy atom. The van der Waals surface area contributed by atoms with Crippen LogP contribution < -0.4 is 0 Å². The normalized spacial score (nSPS) is 11.9. The van der Waals surface area contributed by atoms with Gasteiger partial charge < -0.3 is 9.63 Å². The van der Waals surface area contributed by atoms with Crippen LogP contribution in [0.5, 0.6) is 0 Å². The van der Waals surface area contributed by atoms with E-state index in [1.807, 2.05) is 0 Å². The molecule has 0 spiro atoms. The summed E-state index contributed by atoms with van der Waals surface area (Å²) in [6.07, 6.45) is 0. The zero-order chi connectivity index (χ0) is 14.9. The van der Waals surface area contributed by atoms with Crippen molar-refractivity contribution >= 4 is 27.3 Å². The van der Waals surface area contributed by atoms with Crippen LogP contribution in [0.15, 0.2) is 26.2 Å². The van der Waals surface area contributed by atoms with Crippen molar-refractivity contribution in [2.24, 2.45) is 0 Å². The molecule has 0 aliphatic rings. The van der Waals surface area contributed by atoms with Gasteiger partial charge in [-0.2, -0.15) is 4.31 Å². The molecule has 2 rings (SSSR count). The molecule has 0 fully saturated rings. The number of aromatic nitrogens is 1. The largest absolute Gasteiger partial charge is 0.478 e. The second-order valence-corrected chi connectivity index (χ2v) is 7.33. The maximum absolute atomic E-state index is 12.3. The van der Waals surface area contributed by atoms with Crippen molar-refractivity contribution in [1.82, 2.24) is 9.46 Å². The molecule has 0 amide bonds. The van der Waals surface area contributed by atoms with E-state index in [1.54, 1.807) is 13.0 Å². The Morgan fingerprint density at radius 2 is 2.20 bits per heavy atom. The predicted octanol–water partition coefficient (Wildman–Crippen LogP) is 1.56. The average molecular weight is 316 g/mol. The van der Waals surface area contributed by atoms with Crippen molar-refractivity contribution in [2.75, 3.05) is 7.05 Å². The highest BCUT2D eigenvalue weighted by Crippen LogP contribution is 2.24. The van der Waals surface area contributed by atoms with Crippen molar-refractivity contribution < 1.29 is 22.8 Å². The molecule has 0 aromatic carbocycles. The molecule has 0 unspecified atom stereocenters. The maximum atomic E-state index is 12.3. The summed E-state index contributed by atoms with van der Waals surface area (Å²) in [6, 6.07) is 2.79. The Kier molecular flexibility index (Phi) is 3.93. The fourth-order valence-electron chi connectivity index (χ4n) is 1.52. The number of hydrogen-bond acceptors (Lipinski definition) is 6. The fourth-order valence-corrected chi connectivity index (χ4v) is 4.03. The molecule has 0 atom stereocenters. The minimum atomic E-state index is -3.73. The highest BCUT2D eigenvalue weighted by molar-refractivity contribution is 7.91. The summed E-state index contributed by atoms with van der Waals surface area (Å²) in [5.74, 6) is -0.562. The van der Waals surface area contributed by atoms with E-state index in [-0.39, 0.29) is 16.3 Å². The Bertz CT molecular complexity index is 732. The molecule has 1 N–H and O–H groups in total. The molecule has 0 saturated heterocycles. The smallest absolute Gasteiger partial charge is 0.336 e.